The highest BCUT2D eigenvalue weighted by Crippen LogP contribution is 2.26. The van der Waals surface area contributed by atoms with Gasteiger partial charge in [-0.25, -0.2) is 0 Å². The second-order valence-corrected chi connectivity index (χ2v) is 5.25. The molecule has 6 nitrogen and oxygen atoms in total. The van der Waals surface area contributed by atoms with Crippen LogP contribution in [0.4, 0.5) is 5.82 Å². The van der Waals surface area contributed by atoms with Crippen LogP contribution in [-0.2, 0) is 4.79 Å². The highest BCUT2D eigenvalue weighted by Gasteiger charge is 2.22. The lowest BCUT2D eigenvalue weighted by Crippen LogP contribution is -2.37. The second-order valence-electron chi connectivity index (χ2n) is 5.25. The predicted octanol–water partition coefficient (Wildman–Crippen LogP) is 2.32. The van der Waals surface area contributed by atoms with Crippen LogP contribution in [0.3, 0.4) is 0 Å². The fourth-order valence-corrected chi connectivity index (χ4v) is 2.64. The van der Waals surface area contributed by atoms with Gasteiger partial charge in [-0.3, -0.25) is 9.89 Å². The third-order valence-corrected chi connectivity index (χ3v) is 3.75. The van der Waals surface area contributed by atoms with Gasteiger partial charge in [0.2, 0.25) is 5.91 Å². The lowest BCUT2D eigenvalue weighted by molar-refractivity contribution is -0.120. The van der Waals surface area contributed by atoms with E-state index in [9.17, 15) is 4.79 Å². The topological polar surface area (TPSA) is 79.0 Å². The number of ether oxygens (including phenoxy) is 1. The maximum absolute atomic E-state index is 12.3. The highest BCUT2D eigenvalue weighted by molar-refractivity contribution is 6.00. The van der Waals surface area contributed by atoms with Crippen LogP contribution in [0.5, 0.6) is 5.75 Å². The minimum atomic E-state index is 0. The molecule has 0 unspecified atom stereocenters. The molecule has 1 aromatic heterocycles. The SMILES string of the molecule is CCOc1ccc2[nH]nc(NC(=O)[C@@H]3CCCNC3)c2c1.Cl. The van der Waals surface area contributed by atoms with Gasteiger partial charge in [0.05, 0.1) is 18.0 Å². The number of nitrogens with zero attached hydrogens (tertiary/aromatic N) is 1. The van der Waals surface area contributed by atoms with Crippen LogP contribution in [0.1, 0.15) is 19.8 Å². The number of anilines is 1. The van der Waals surface area contributed by atoms with E-state index in [1.54, 1.807) is 0 Å². The van der Waals surface area contributed by atoms with Crippen molar-refractivity contribution < 1.29 is 9.53 Å². The zero-order chi connectivity index (χ0) is 14.7. The number of hydrogen-bond donors (Lipinski definition) is 3. The number of carbonyl (C=O) groups is 1. The van der Waals surface area contributed by atoms with E-state index in [4.69, 9.17) is 4.74 Å². The summed E-state index contributed by atoms with van der Waals surface area (Å²) in [5.74, 6) is 1.39. The Balaban J connectivity index is 0.00000176. The second kappa shape index (κ2) is 7.47. The molecule has 0 aliphatic carbocycles. The van der Waals surface area contributed by atoms with E-state index < -0.39 is 0 Å². The molecule has 0 saturated carbocycles. The van der Waals surface area contributed by atoms with Gasteiger partial charge in [-0.2, -0.15) is 5.10 Å². The molecule has 0 radical (unpaired) electrons. The van der Waals surface area contributed by atoms with E-state index in [2.05, 4.69) is 20.8 Å². The number of H-pyrrole nitrogens is 1. The summed E-state index contributed by atoms with van der Waals surface area (Å²) in [7, 11) is 0. The number of piperidine rings is 1. The van der Waals surface area contributed by atoms with Crippen LogP contribution < -0.4 is 15.4 Å². The summed E-state index contributed by atoms with van der Waals surface area (Å²) in [6, 6.07) is 5.70. The molecule has 120 valence electrons. The average Bonchev–Trinajstić information content (AvgIpc) is 2.91. The van der Waals surface area contributed by atoms with Crippen molar-refractivity contribution in [1.29, 1.82) is 0 Å². The van der Waals surface area contributed by atoms with Crippen LogP contribution >= 0.6 is 12.4 Å². The fourth-order valence-electron chi connectivity index (χ4n) is 2.64. The Kier molecular flexibility index (Phi) is 5.63. The first-order chi connectivity index (χ1) is 10.3. The molecule has 7 heteroatoms. The van der Waals surface area contributed by atoms with Crippen molar-refractivity contribution in [3.05, 3.63) is 18.2 Å². The predicted molar refractivity (Wildman–Crippen MR) is 88.7 cm³/mol. The maximum atomic E-state index is 12.3. The first kappa shape index (κ1) is 16.6. The van der Waals surface area contributed by atoms with Crippen molar-refractivity contribution in [2.24, 2.45) is 5.92 Å². The van der Waals surface area contributed by atoms with Crippen molar-refractivity contribution in [2.75, 3.05) is 25.0 Å². The van der Waals surface area contributed by atoms with Gasteiger partial charge in [0, 0.05) is 11.9 Å². The highest BCUT2D eigenvalue weighted by atomic mass is 35.5. The third-order valence-electron chi connectivity index (χ3n) is 3.75. The summed E-state index contributed by atoms with van der Waals surface area (Å²) in [5.41, 5.74) is 0.885. The van der Waals surface area contributed by atoms with Gasteiger partial charge in [0.1, 0.15) is 5.75 Å². The number of carbonyl (C=O) groups excluding carboxylic acids is 1. The molecular weight excluding hydrogens is 304 g/mol. The largest absolute Gasteiger partial charge is 0.494 e. The molecule has 2 aromatic rings. The fraction of sp³-hybridized carbons (Fsp3) is 0.467. The average molecular weight is 325 g/mol. The number of fused-ring (bicyclic) bond motifs is 1. The molecule has 1 atom stereocenters. The number of hydrogen-bond acceptors (Lipinski definition) is 4. The Hall–Kier alpha value is -1.79. The van der Waals surface area contributed by atoms with Gasteiger partial charge in [-0.1, -0.05) is 0 Å². The molecule has 0 bridgehead atoms. The first-order valence-electron chi connectivity index (χ1n) is 7.40. The molecule has 1 saturated heterocycles. The Labute approximate surface area is 135 Å². The van der Waals surface area contributed by atoms with Crippen LogP contribution in [-0.4, -0.2) is 35.8 Å². The van der Waals surface area contributed by atoms with Crippen molar-refractivity contribution in [3.8, 4) is 5.75 Å². The lowest BCUT2D eigenvalue weighted by atomic mass is 9.99. The molecule has 3 N–H and O–H groups in total. The van der Waals surface area contributed by atoms with E-state index in [-0.39, 0.29) is 24.2 Å². The van der Waals surface area contributed by atoms with Gasteiger partial charge < -0.3 is 15.4 Å². The number of nitrogens with one attached hydrogen (secondary N) is 3. The van der Waals surface area contributed by atoms with E-state index in [1.807, 2.05) is 25.1 Å². The molecule has 22 heavy (non-hydrogen) atoms. The third kappa shape index (κ3) is 3.51. The normalized spacial score (nSPS) is 17.8. The number of aromatic nitrogens is 2. The van der Waals surface area contributed by atoms with Gasteiger partial charge in [0.15, 0.2) is 5.82 Å². The summed E-state index contributed by atoms with van der Waals surface area (Å²) < 4.78 is 5.50. The number of rotatable bonds is 4. The van der Waals surface area contributed by atoms with Crippen molar-refractivity contribution >= 4 is 35.0 Å². The van der Waals surface area contributed by atoms with Gasteiger partial charge in [-0.15, -0.1) is 12.4 Å². The standard InChI is InChI=1S/C15H20N4O2.ClH/c1-2-21-11-5-6-13-12(8-11)14(19-18-13)17-15(20)10-4-3-7-16-9-10;/h5-6,8,10,16H,2-4,7,9H2,1H3,(H2,17,18,19,20);1H/t10-;/m1./s1. The summed E-state index contributed by atoms with van der Waals surface area (Å²) in [6.45, 7) is 4.28. The minimum absolute atomic E-state index is 0. The number of halogens is 1. The van der Waals surface area contributed by atoms with E-state index in [0.717, 1.165) is 42.6 Å². The Morgan fingerprint density at radius 3 is 3.09 bits per heavy atom. The monoisotopic (exact) mass is 324 g/mol. The number of aromatic amines is 1. The maximum Gasteiger partial charge on any atom is 0.229 e. The van der Waals surface area contributed by atoms with Crippen LogP contribution in [0.25, 0.3) is 10.9 Å². The number of amides is 1. The molecule has 1 aliphatic heterocycles. The summed E-state index contributed by atoms with van der Waals surface area (Å²) in [6.07, 6.45) is 1.96. The molecule has 2 heterocycles. The van der Waals surface area contributed by atoms with Gasteiger partial charge in [0.25, 0.3) is 0 Å². The van der Waals surface area contributed by atoms with E-state index in [1.165, 1.54) is 0 Å². The molecule has 1 aliphatic rings. The molecule has 1 aromatic carbocycles. The zero-order valence-electron chi connectivity index (χ0n) is 12.5. The Bertz CT molecular complexity index is 638. The Morgan fingerprint density at radius 2 is 2.36 bits per heavy atom. The van der Waals surface area contributed by atoms with E-state index in [0.29, 0.717) is 12.4 Å². The van der Waals surface area contributed by atoms with Crippen molar-refractivity contribution in [2.45, 2.75) is 19.8 Å². The van der Waals surface area contributed by atoms with E-state index >= 15 is 0 Å². The zero-order valence-corrected chi connectivity index (χ0v) is 13.3. The van der Waals surface area contributed by atoms with Crippen molar-refractivity contribution in [3.63, 3.8) is 0 Å². The molecule has 1 fully saturated rings. The van der Waals surface area contributed by atoms with Gasteiger partial charge in [-0.05, 0) is 44.5 Å². The van der Waals surface area contributed by atoms with Gasteiger partial charge >= 0.3 is 0 Å². The van der Waals surface area contributed by atoms with Crippen LogP contribution in [0.15, 0.2) is 18.2 Å². The lowest BCUT2D eigenvalue weighted by Gasteiger charge is -2.21. The summed E-state index contributed by atoms with van der Waals surface area (Å²) in [5, 5.41) is 14.2. The van der Waals surface area contributed by atoms with Crippen LogP contribution in [0.2, 0.25) is 0 Å². The molecule has 3 rings (SSSR count). The first-order valence-corrected chi connectivity index (χ1v) is 7.40. The summed E-state index contributed by atoms with van der Waals surface area (Å²) in [4.78, 5) is 12.3. The Morgan fingerprint density at radius 1 is 1.50 bits per heavy atom. The molecule has 0 spiro atoms. The number of benzene rings is 1. The summed E-state index contributed by atoms with van der Waals surface area (Å²) >= 11 is 0. The molecule has 1 amide bonds. The van der Waals surface area contributed by atoms with Crippen LogP contribution in [0, 0.1) is 5.92 Å². The quantitative estimate of drug-likeness (QED) is 0.806. The minimum Gasteiger partial charge on any atom is -0.494 e. The van der Waals surface area contributed by atoms with Crippen molar-refractivity contribution in [1.82, 2.24) is 15.5 Å². The molecular formula is C15H21ClN4O2. The smallest absolute Gasteiger partial charge is 0.229 e.